The highest BCUT2D eigenvalue weighted by atomic mass is 16.6. The van der Waals surface area contributed by atoms with Crippen LogP contribution in [0.15, 0.2) is 0 Å². The minimum atomic E-state index is -1.83. The molecule has 0 aromatic carbocycles. The van der Waals surface area contributed by atoms with Gasteiger partial charge in [-0.3, -0.25) is 0 Å². The summed E-state index contributed by atoms with van der Waals surface area (Å²) in [5, 5.41) is 62.0. The van der Waals surface area contributed by atoms with Crippen molar-refractivity contribution in [2.24, 2.45) is 0 Å². The fourth-order valence-corrected chi connectivity index (χ4v) is 0.115. The van der Waals surface area contributed by atoms with Crippen LogP contribution in [0.1, 0.15) is 0 Å². The Balaban J connectivity index is -0.000000162. The molecule has 0 aromatic heterocycles. The lowest BCUT2D eigenvalue weighted by Gasteiger charge is -1.96. The van der Waals surface area contributed by atoms with Gasteiger partial charge in [0.2, 0.25) is 0 Å². The summed E-state index contributed by atoms with van der Waals surface area (Å²) in [7, 11) is 0. The molecule has 100 valence electrons. The lowest BCUT2D eigenvalue weighted by Crippen LogP contribution is -2.15. The number of rotatable bonds is 4. The van der Waals surface area contributed by atoms with Gasteiger partial charge in [-0.05, 0) is 0 Å². The first kappa shape index (κ1) is 20.4. The molecule has 0 radical (unpaired) electrons. The number of hydrogen-bond acceptors (Lipinski definition) is 7. The third-order valence-corrected chi connectivity index (χ3v) is 0.843. The van der Waals surface area contributed by atoms with Gasteiger partial charge in [-0.15, -0.1) is 0 Å². The smallest absolute Gasteiger partial charge is 0.450 e. The van der Waals surface area contributed by atoms with E-state index >= 15 is 0 Å². The molecule has 0 spiro atoms. The molecule has 16 heavy (non-hydrogen) atoms. The first-order valence-electron chi connectivity index (χ1n) is 4.07. The second kappa shape index (κ2) is 16.5. The van der Waals surface area contributed by atoms with Crippen LogP contribution >= 0.6 is 0 Å². The summed E-state index contributed by atoms with van der Waals surface area (Å²) in [5.41, 5.74) is 0. The van der Waals surface area contributed by atoms with E-state index in [1.165, 1.54) is 0 Å². The van der Waals surface area contributed by atoms with Crippen LogP contribution in [0.2, 0.25) is 0 Å². The second-order valence-electron chi connectivity index (χ2n) is 2.32. The maximum Gasteiger partial charge on any atom is 0.503 e. The Labute approximate surface area is 91.5 Å². The lowest BCUT2D eigenvalue weighted by atomic mass is 10.4. The SMILES string of the molecule is O=C(O)O.OCC(O)CO.OCC(O)CO. The van der Waals surface area contributed by atoms with Crippen LogP contribution in [0.4, 0.5) is 4.79 Å². The van der Waals surface area contributed by atoms with Gasteiger partial charge in [-0.1, -0.05) is 0 Å². The molecule has 0 aliphatic heterocycles. The van der Waals surface area contributed by atoms with E-state index in [1.54, 1.807) is 0 Å². The van der Waals surface area contributed by atoms with Gasteiger partial charge >= 0.3 is 6.16 Å². The van der Waals surface area contributed by atoms with Crippen molar-refractivity contribution in [3.8, 4) is 0 Å². The lowest BCUT2D eigenvalue weighted by molar-refractivity contribution is 0.0450. The average molecular weight is 246 g/mol. The van der Waals surface area contributed by atoms with E-state index in [4.69, 9.17) is 45.6 Å². The van der Waals surface area contributed by atoms with Crippen molar-refractivity contribution in [3.05, 3.63) is 0 Å². The van der Waals surface area contributed by atoms with Gasteiger partial charge in [-0.25, -0.2) is 4.79 Å². The summed E-state index contributed by atoms with van der Waals surface area (Å²) in [6.45, 7) is -1.46. The second-order valence-corrected chi connectivity index (χ2v) is 2.32. The van der Waals surface area contributed by atoms with Crippen molar-refractivity contribution in [1.82, 2.24) is 0 Å². The quantitative estimate of drug-likeness (QED) is 0.255. The van der Waals surface area contributed by atoms with Gasteiger partial charge in [-0.2, -0.15) is 0 Å². The summed E-state index contributed by atoms with van der Waals surface area (Å²) in [6, 6.07) is 0. The van der Waals surface area contributed by atoms with Crippen LogP contribution in [-0.4, -0.2) is 85.6 Å². The molecule has 0 aliphatic carbocycles. The highest BCUT2D eigenvalue weighted by Gasteiger charge is 1.94. The van der Waals surface area contributed by atoms with E-state index in [-0.39, 0.29) is 26.4 Å². The molecular formula is C7H18O9. The van der Waals surface area contributed by atoms with Crippen molar-refractivity contribution in [2.45, 2.75) is 12.2 Å². The first-order chi connectivity index (χ1) is 7.35. The Hall–Kier alpha value is -0.970. The maximum atomic E-state index is 8.56. The first-order valence-corrected chi connectivity index (χ1v) is 4.07. The molecule has 0 saturated carbocycles. The summed E-state index contributed by atoms with van der Waals surface area (Å²) in [4.78, 5) is 8.56. The Morgan fingerprint density at radius 1 is 0.750 bits per heavy atom. The van der Waals surface area contributed by atoms with Gasteiger partial charge in [0.15, 0.2) is 0 Å². The Kier molecular flexibility index (Phi) is 21.0. The highest BCUT2D eigenvalue weighted by molar-refractivity contribution is 5.53. The van der Waals surface area contributed by atoms with Crippen LogP contribution in [0.5, 0.6) is 0 Å². The van der Waals surface area contributed by atoms with Crippen LogP contribution < -0.4 is 0 Å². The maximum absolute atomic E-state index is 8.56. The van der Waals surface area contributed by atoms with Crippen LogP contribution in [0.3, 0.4) is 0 Å². The fourth-order valence-electron chi connectivity index (χ4n) is 0.115. The van der Waals surface area contributed by atoms with E-state index in [0.29, 0.717) is 0 Å². The molecule has 0 fully saturated rings. The van der Waals surface area contributed by atoms with E-state index in [1.807, 2.05) is 0 Å². The number of hydrogen-bond donors (Lipinski definition) is 8. The predicted octanol–water partition coefficient (Wildman–Crippen LogP) is -3.11. The molecule has 0 unspecified atom stereocenters. The zero-order valence-corrected chi connectivity index (χ0v) is 8.47. The van der Waals surface area contributed by atoms with Crippen molar-refractivity contribution < 1.29 is 45.6 Å². The molecule has 0 atom stereocenters. The Bertz CT molecular complexity index is 118. The number of aliphatic hydroxyl groups excluding tert-OH is 6. The van der Waals surface area contributed by atoms with Crippen LogP contribution in [0, 0.1) is 0 Å². The summed E-state index contributed by atoms with van der Waals surface area (Å²) < 4.78 is 0. The molecule has 0 aromatic rings. The van der Waals surface area contributed by atoms with E-state index < -0.39 is 18.4 Å². The van der Waals surface area contributed by atoms with Gasteiger partial charge in [0, 0.05) is 0 Å². The van der Waals surface area contributed by atoms with E-state index in [2.05, 4.69) is 0 Å². The Morgan fingerprint density at radius 2 is 0.875 bits per heavy atom. The van der Waals surface area contributed by atoms with Crippen molar-refractivity contribution in [2.75, 3.05) is 26.4 Å². The minimum absolute atomic E-state index is 0.365. The molecule has 9 heteroatoms. The van der Waals surface area contributed by atoms with Crippen molar-refractivity contribution >= 4 is 6.16 Å². The molecular weight excluding hydrogens is 228 g/mol. The minimum Gasteiger partial charge on any atom is -0.450 e. The van der Waals surface area contributed by atoms with Gasteiger partial charge in [0.05, 0.1) is 26.4 Å². The molecule has 0 bridgehead atoms. The summed E-state index contributed by atoms with van der Waals surface area (Å²) >= 11 is 0. The predicted molar refractivity (Wildman–Crippen MR) is 51.0 cm³/mol. The number of carboxylic acid groups (broad SMARTS) is 2. The molecule has 0 saturated heterocycles. The van der Waals surface area contributed by atoms with Crippen molar-refractivity contribution in [3.63, 3.8) is 0 Å². The van der Waals surface area contributed by atoms with Crippen LogP contribution in [0.25, 0.3) is 0 Å². The average Bonchev–Trinajstić information content (AvgIpc) is 2.26. The molecule has 0 rings (SSSR count). The van der Waals surface area contributed by atoms with Gasteiger partial charge in [0.1, 0.15) is 12.2 Å². The molecule has 0 amide bonds. The standard InChI is InChI=1S/2C3H8O3.CH2O3/c2*4-1-3(6)2-5;2-1(3)4/h2*3-6H,1-2H2;(H2,2,3,4). The third kappa shape index (κ3) is 38.2. The van der Waals surface area contributed by atoms with E-state index in [9.17, 15) is 0 Å². The Morgan fingerprint density at radius 3 is 0.875 bits per heavy atom. The molecule has 9 nitrogen and oxygen atoms in total. The third-order valence-electron chi connectivity index (χ3n) is 0.843. The van der Waals surface area contributed by atoms with Gasteiger partial charge < -0.3 is 40.9 Å². The molecule has 8 N–H and O–H groups in total. The zero-order valence-electron chi connectivity index (χ0n) is 8.47. The van der Waals surface area contributed by atoms with Crippen molar-refractivity contribution in [1.29, 1.82) is 0 Å². The largest absolute Gasteiger partial charge is 0.503 e. The summed E-state index contributed by atoms with van der Waals surface area (Å²) in [5.74, 6) is 0. The highest BCUT2D eigenvalue weighted by Crippen LogP contribution is 1.72. The molecule has 0 aliphatic rings. The van der Waals surface area contributed by atoms with Crippen LogP contribution in [-0.2, 0) is 0 Å². The molecule has 0 heterocycles. The number of carbonyl (C=O) groups is 1. The van der Waals surface area contributed by atoms with Gasteiger partial charge in [0.25, 0.3) is 0 Å². The summed E-state index contributed by atoms with van der Waals surface area (Å²) in [6.07, 6.45) is -3.74. The number of aliphatic hydroxyl groups is 6. The normalized spacial score (nSPS) is 9.00. The monoisotopic (exact) mass is 246 g/mol. The topological polar surface area (TPSA) is 179 Å². The fraction of sp³-hybridized carbons (Fsp3) is 0.857. The van der Waals surface area contributed by atoms with E-state index in [0.717, 1.165) is 0 Å². The zero-order chi connectivity index (χ0) is 13.6.